The first-order valence-electron chi connectivity index (χ1n) is 3.44. The Morgan fingerprint density at radius 3 is 2.00 bits per heavy atom. The van der Waals surface area contributed by atoms with E-state index in [2.05, 4.69) is 25.9 Å². The fourth-order valence-electron chi connectivity index (χ4n) is 1.00. The number of fused-ring (bicyclic) bond motifs is 1. The third-order valence-electron chi connectivity index (χ3n) is 1.53. The van der Waals surface area contributed by atoms with Crippen molar-refractivity contribution >= 4 is 21.9 Å². The van der Waals surface area contributed by atoms with Crippen molar-refractivity contribution in [3.63, 3.8) is 0 Å². The maximum Gasteiger partial charge on any atom is 0.221 e. The van der Waals surface area contributed by atoms with Crippen molar-refractivity contribution in [2.24, 2.45) is 0 Å². The summed E-state index contributed by atoms with van der Waals surface area (Å²) in [7, 11) is 0. The molecule has 60 valence electrons. The average Bonchev–Trinajstić information content (AvgIpc) is 2.31. The lowest BCUT2D eigenvalue weighted by molar-refractivity contribution is 1.34. The van der Waals surface area contributed by atoms with Gasteiger partial charge in [0.25, 0.3) is 0 Å². The Morgan fingerprint density at radius 1 is 1.00 bits per heavy atom. The highest BCUT2D eigenvalue weighted by Crippen LogP contribution is 2.20. The van der Waals surface area contributed by atoms with E-state index in [0.29, 0.717) is 5.95 Å². The highest BCUT2D eigenvalue weighted by atomic mass is 79.9. The maximum atomic E-state index is 5.44. The minimum Gasteiger partial charge on any atom is -0.368 e. The van der Waals surface area contributed by atoms with E-state index in [1.807, 2.05) is 24.3 Å². The molecule has 3 nitrogen and oxygen atoms in total. The molecule has 0 aromatic carbocycles. The number of nitrogens with zero attached hydrogens (tertiary/aromatic N) is 2. The molecule has 0 amide bonds. The number of hydrogen-bond donors (Lipinski definition) is 1. The fraction of sp³-hybridized carbons (Fsp3) is 0. The number of imidazole rings is 1. The van der Waals surface area contributed by atoms with Gasteiger partial charge in [0, 0.05) is 4.47 Å². The van der Waals surface area contributed by atoms with Crippen LogP contribution in [-0.4, -0.2) is 9.97 Å². The van der Waals surface area contributed by atoms with Crippen LogP contribution in [-0.2, 0) is 0 Å². The molecular weight excluding hydrogens is 218 g/mol. The van der Waals surface area contributed by atoms with Gasteiger partial charge < -0.3 is 5.73 Å². The number of nitrogens with two attached hydrogens (primary N) is 1. The van der Waals surface area contributed by atoms with E-state index in [9.17, 15) is 0 Å². The summed E-state index contributed by atoms with van der Waals surface area (Å²) in [5.74, 6) is 0.326. The number of aromatic nitrogens is 2. The van der Waals surface area contributed by atoms with Gasteiger partial charge >= 0.3 is 0 Å². The van der Waals surface area contributed by atoms with Crippen molar-refractivity contribution in [2.45, 2.75) is 0 Å². The van der Waals surface area contributed by atoms with Crippen LogP contribution in [0.15, 0.2) is 28.7 Å². The standard InChI is InChI=1S/C8H6BrN3/c9-5-1-3-6-7(4-2-5)12-8(10)11-6/h1-4H,(H2,10,11,12). The molecule has 0 saturated carbocycles. The van der Waals surface area contributed by atoms with Gasteiger partial charge in [-0.3, -0.25) is 0 Å². The van der Waals surface area contributed by atoms with Crippen molar-refractivity contribution in [1.29, 1.82) is 0 Å². The summed E-state index contributed by atoms with van der Waals surface area (Å²) in [5.41, 5.74) is 7.07. The molecule has 1 aliphatic heterocycles. The Kier molecular flexibility index (Phi) is 1.69. The largest absolute Gasteiger partial charge is 0.368 e. The molecule has 0 spiro atoms. The Morgan fingerprint density at radius 2 is 1.50 bits per heavy atom. The number of halogens is 1. The summed E-state index contributed by atoms with van der Waals surface area (Å²) in [6.07, 6.45) is 0. The SMILES string of the molecule is Nc1nc2ccc(Br)ccc-2n1. The number of rotatable bonds is 0. The molecule has 0 unspecified atom stereocenters. The quantitative estimate of drug-likeness (QED) is 0.743. The maximum absolute atomic E-state index is 5.44. The average molecular weight is 224 g/mol. The fourth-order valence-corrected chi connectivity index (χ4v) is 1.27. The minimum absolute atomic E-state index is 0.326. The number of hydrogen-bond acceptors (Lipinski definition) is 3. The molecule has 1 aliphatic carbocycles. The van der Waals surface area contributed by atoms with Gasteiger partial charge in [0.2, 0.25) is 5.95 Å². The van der Waals surface area contributed by atoms with Crippen LogP contribution in [0, 0.1) is 0 Å². The van der Waals surface area contributed by atoms with Gasteiger partial charge in [-0.05, 0) is 24.3 Å². The lowest BCUT2D eigenvalue weighted by atomic mass is 10.3. The van der Waals surface area contributed by atoms with E-state index >= 15 is 0 Å². The van der Waals surface area contributed by atoms with Gasteiger partial charge in [0.05, 0.1) is 11.4 Å². The second-order valence-corrected chi connectivity index (χ2v) is 3.32. The zero-order chi connectivity index (χ0) is 8.55. The summed E-state index contributed by atoms with van der Waals surface area (Å²) in [5, 5.41) is 0. The third kappa shape index (κ3) is 1.25. The second-order valence-electron chi connectivity index (χ2n) is 2.40. The van der Waals surface area contributed by atoms with Gasteiger partial charge in [-0.15, -0.1) is 0 Å². The molecule has 0 saturated heterocycles. The molecule has 0 aromatic heterocycles. The first kappa shape index (κ1) is 7.49. The predicted octanol–water partition coefficient (Wildman–Crippen LogP) is 1.93. The zero-order valence-corrected chi connectivity index (χ0v) is 7.75. The smallest absolute Gasteiger partial charge is 0.221 e. The second kappa shape index (κ2) is 2.71. The lowest BCUT2D eigenvalue weighted by Crippen LogP contribution is -1.83. The molecule has 0 atom stereocenters. The van der Waals surface area contributed by atoms with Crippen LogP contribution < -0.4 is 5.73 Å². The van der Waals surface area contributed by atoms with Crippen molar-refractivity contribution in [3.8, 4) is 11.4 Å². The van der Waals surface area contributed by atoms with Crippen molar-refractivity contribution in [1.82, 2.24) is 9.97 Å². The summed E-state index contributed by atoms with van der Waals surface area (Å²) < 4.78 is 1.00. The van der Waals surface area contributed by atoms with Crippen molar-refractivity contribution in [3.05, 3.63) is 28.7 Å². The van der Waals surface area contributed by atoms with Gasteiger partial charge in [0.15, 0.2) is 0 Å². The predicted molar refractivity (Wildman–Crippen MR) is 50.8 cm³/mol. The van der Waals surface area contributed by atoms with Crippen LogP contribution in [0.2, 0.25) is 0 Å². The molecule has 2 N–H and O–H groups in total. The van der Waals surface area contributed by atoms with Crippen LogP contribution >= 0.6 is 15.9 Å². The molecule has 2 aliphatic rings. The van der Waals surface area contributed by atoms with Crippen LogP contribution in [0.5, 0.6) is 0 Å². The van der Waals surface area contributed by atoms with Crippen LogP contribution in [0.3, 0.4) is 0 Å². The molecule has 4 heteroatoms. The topological polar surface area (TPSA) is 51.8 Å². The van der Waals surface area contributed by atoms with Crippen LogP contribution in [0.4, 0.5) is 5.95 Å². The Balaban J connectivity index is 2.70. The minimum atomic E-state index is 0.326. The summed E-state index contributed by atoms with van der Waals surface area (Å²) in [4.78, 5) is 8.08. The van der Waals surface area contributed by atoms with Crippen molar-refractivity contribution < 1.29 is 0 Å². The number of anilines is 1. The van der Waals surface area contributed by atoms with E-state index in [4.69, 9.17) is 5.73 Å². The van der Waals surface area contributed by atoms with Crippen LogP contribution in [0.1, 0.15) is 0 Å². The zero-order valence-electron chi connectivity index (χ0n) is 6.16. The van der Waals surface area contributed by atoms with Gasteiger partial charge in [-0.25, -0.2) is 9.97 Å². The Hall–Kier alpha value is -1.16. The number of nitrogen functional groups attached to an aromatic ring is 1. The van der Waals surface area contributed by atoms with E-state index in [0.717, 1.165) is 15.9 Å². The first-order chi connectivity index (χ1) is 5.75. The normalized spacial score (nSPS) is 10.4. The monoisotopic (exact) mass is 223 g/mol. The molecule has 0 radical (unpaired) electrons. The molecule has 0 bridgehead atoms. The molecule has 0 fully saturated rings. The lowest BCUT2D eigenvalue weighted by Gasteiger charge is -1.80. The Labute approximate surface area is 78.1 Å². The highest BCUT2D eigenvalue weighted by Gasteiger charge is 2.05. The summed E-state index contributed by atoms with van der Waals surface area (Å²) in [6, 6.07) is 7.58. The van der Waals surface area contributed by atoms with E-state index in [1.165, 1.54) is 0 Å². The van der Waals surface area contributed by atoms with E-state index < -0.39 is 0 Å². The highest BCUT2D eigenvalue weighted by molar-refractivity contribution is 9.10. The molecule has 0 aromatic rings. The van der Waals surface area contributed by atoms with Gasteiger partial charge in [-0.1, -0.05) is 15.9 Å². The van der Waals surface area contributed by atoms with Gasteiger partial charge in [0.1, 0.15) is 0 Å². The first-order valence-corrected chi connectivity index (χ1v) is 4.24. The van der Waals surface area contributed by atoms with E-state index in [1.54, 1.807) is 0 Å². The molecule has 2 rings (SSSR count). The Bertz CT molecular complexity index is 355. The third-order valence-corrected chi connectivity index (χ3v) is 2.06. The summed E-state index contributed by atoms with van der Waals surface area (Å²) >= 11 is 3.36. The molecule has 12 heavy (non-hydrogen) atoms. The summed E-state index contributed by atoms with van der Waals surface area (Å²) in [6.45, 7) is 0. The van der Waals surface area contributed by atoms with Crippen LogP contribution in [0.25, 0.3) is 11.4 Å². The van der Waals surface area contributed by atoms with Crippen molar-refractivity contribution in [2.75, 3.05) is 5.73 Å². The van der Waals surface area contributed by atoms with E-state index in [-0.39, 0.29) is 0 Å². The molecular formula is C8H6BrN3. The molecule has 1 heterocycles. The van der Waals surface area contributed by atoms with Gasteiger partial charge in [-0.2, -0.15) is 0 Å².